The fourth-order valence-electron chi connectivity index (χ4n) is 1.22. The molecule has 0 aliphatic carbocycles. The lowest BCUT2D eigenvalue weighted by atomic mass is 9.93. The Hall–Kier alpha value is -1.10. The molecule has 5 heteroatoms. The predicted octanol–water partition coefficient (Wildman–Crippen LogP) is 4.17. The molecular weight excluding hydrogens is 286 g/mol. The lowest BCUT2D eigenvalue weighted by Crippen LogP contribution is -2.11. The molecule has 0 radical (unpaired) electrons. The molecule has 0 aromatic heterocycles. The Morgan fingerprint density at radius 2 is 2.06 bits per heavy atom. The van der Waals surface area contributed by atoms with E-state index < -0.39 is 4.92 Å². The number of halogens is 1. The SMILES string of the molecule is CC(C)(C)CCOc1ccc(Br)cc1[N+](=O)[O-]. The summed E-state index contributed by atoms with van der Waals surface area (Å²) in [6.45, 7) is 6.79. The molecular formula is C12H16BrNO3. The highest BCUT2D eigenvalue weighted by atomic mass is 79.9. The van der Waals surface area contributed by atoms with Crippen LogP contribution in [0.4, 0.5) is 5.69 Å². The summed E-state index contributed by atoms with van der Waals surface area (Å²) in [6, 6.07) is 4.80. The maximum Gasteiger partial charge on any atom is 0.312 e. The molecule has 0 saturated heterocycles. The van der Waals surface area contributed by atoms with E-state index in [1.54, 1.807) is 12.1 Å². The fourth-order valence-corrected chi connectivity index (χ4v) is 1.57. The number of nitro groups is 1. The molecule has 0 bridgehead atoms. The van der Waals surface area contributed by atoms with Crippen LogP contribution in [0.15, 0.2) is 22.7 Å². The van der Waals surface area contributed by atoms with Crippen LogP contribution in [0.3, 0.4) is 0 Å². The minimum Gasteiger partial charge on any atom is -0.487 e. The molecule has 0 aliphatic heterocycles. The van der Waals surface area contributed by atoms with Crippen molar-refractivity contribution in [3.63, 3.8) is 0 Å². The molecule has 94 valence electrons. The van der Waals surface area contributed by atoms with Crippen molar-refractivity contribution >= 4 is 21.6 Å². The second-order valence-electron chi connectivity index (χ2n) is 5.03. The third-order valence-corrected chi connectivity index (χ3v) is 2.72. The van der Waals surface area contributed by atoms with Gasteiger partial charge in [0.25, 0.3) is 0 Å². The van der Waals surface area contributed by atoms with E-state index in [4.69, 9.17) is 4.74 Å². The number of nitrogens with zero attached hydrogens (tertiary/aromatic N) is 1. The molecule has 0 heterocycles. The number of hydrogen-bond donors (Lipinski definition) is 0. The van der Waals surface area contributed by atoms with Crippen LogP contribution in [0.2, 0.25) is 0 Å². The first-order valence-corrected chi connectivity index (χ1v) is 6.16. The Kier molecular flexibility index (Phi) is 4.51. The van der Waals surface area contributed by atoms with Gasteiger partial charge in [0.05, 0.1) is 11.5 Å². The van der Waals surface area contributed by atoms with Gasteiger partial charge in [0, 0.05) is 10.5 Å². The minimum atomic E-state index is -0.433. The smallest absolute Gasteiger partial charge is 0.312 e. The van der Waals surface area contributed by atoms with Crippen molar-refractivity contribution < 1.29 is 9.66 Å². The second-order valence-corrected chi connectivity index (χ2v) is 5.94. The number of ether oxygens (including phenoxy) is 1. The first-order chi connectivity index (χ1) is 7.79. The van der Waals surface area contributed by atoms with Gasteiger partial charge < -0.3 is 4.74 Å². The molecule has 0 unspecified atom stereocenters. The summed E-state index contributed by atoms with van der Waals surface area (Å²) in [6.07, 6.45) is 0.847. The number of nitro benzene ring substituents is 1. The first-order valence-electron chi connectivity index (χ1n) is 5.36. The summed E-state index contributed by atoms with van der Waals surface area (Å²) in [4.78, 5) is 10.4. The van der Waals surface area contributed by atoms with E-state index in [9.17, 15) is 10.1 Å². The fraction of sp³-hybridized carbons (Fsp3) is 0.500. The topological polar surface area (TPSA) is 52.4 Å². The van der Waals surface area contributed by atoms with Gasteiger partial charge in [-0.15, -0.1) is 0 Å². The second kappa shape index (κ2) is 5.49. The molecule has 0 spiro atoms. The standard InChI is InChI=1S/C12H16BrNO3/c1-12(2,3)6-7-17-11-5-4-9(13)8-10(11)14(15)16/h4-5,8H,6-7H2,1-3H3. The lowest BCUT2D eigenvalue weighted by molar-refractivity contribution is -0.386. The lowest BCUT2D eigenvalue weighted by Gasteiger charge is -2.18. The molecule has 1 aromatic carbocycles. The van der Waals surface area contributed by atoms with Crippen molar-refractivity contribution in [2.45, 2.75) is 27.2 Å². The van der Waals surface area contributed by atoms with Gasteiger partial charge in [0.15, 0.2) is 5.75 Å². The van der Waals surface area contributed by atoms with Crippen LogP contribution in [0.1, 0.15) is 27.2 Å². The van der Waals surface area contributed by atoms with E-state index in [0.717, 1.165) is 6.42 Å². The summed E-state index contributed by atoms with van der Waals surface area (Å²) in [5.74, 6) is 0.322. The quantitative estimate of drug-likeness (QED) is 0.619. The molecule has 0 atom stereocenters. The molecule has 0 fully saturated rings. The zero-order valence-corrected chi connectivity index (χ0v) is 11.8. The first kappa shape index (κ1) is 14.0. The van der Waals surface area contributed by atoms with Crippen LogP contribution < -0.4 is 4.74 Å². The maximum absolute atomic E-state index is 10.8. The van der Waals surface area contributed by atoms with Crippen molar-refractivity contribution in [3.05, 3.63) is 32.8 Å². The van der Waals surface area contributed by atoms with Gasteiger partial charge in [-0.3, -0.25) is 10.1 Å². The van der Waals surface area contributed by atoms with Crippen molar-refractivity contribution in [1.82, 2.24) is 0 Å². The van der Waals surface area contributed by atoms with E-state index >= 15 is 0 Å². The highest BCUT2D eigenvalue weighted by molar-refractivity contribution is 9.10. The molecule has 0 aliphatic rings. The minimum absolute atomic E-state index is 0.00622. The largest absolute Gasteiger partial charge is 0.487 e. The number of benzene rings is 1. The summed E-state index contributed by atoms with van der Waals surface area (Å²) in [5, 5.41) is 10.8. The van der Waals surface area contributed by atoms with Crippen molar-refractivity contribution in [1.29, 1.82) is 0 Å². The molecule has 0 saturated carbocycles. The Labute approximate surface area is 109 Å². The van der Waals surface area contributed by atoms with Gasteiger partial charge in [0.1, 0.15) is 0 Å². The Morgan fingerprint density at radius 3 is 2.59 bits per heavy atom. The van der Waals surface area contributed by atoms with Crippen molar-refractivity contribution in [2.75, 3.05) is 6.61 Å². The number of hydrogen-bond acceptors (Lipinski definition) is 3. The van der Waals surface area contributed by atoms with Gasteiger partial charge in [-0.25, -0.2) is 0 Å². The Balaban J connectivity index is 2.74. The third kappa shape index (κ3) is 4.73. The third-order valence-electron chi connectivity index (χ3n) is 2.23. The summed E-state index contributed by atoms with van der Waals surface area (Å²) >= 11 is 3.20. The van der Waals surface area contributed by atoms with Gasteiger partial charge in [-0.1, -0.05) is 36.7 Å². The van der Waals surface area contributed by atoms with Gasteiger partial charge in [-0.2, -0.15) is 0 Å². The number of rotatable bonds is 4. The van der Waals surface area contributed by atoms with Crippen LogP contribution in [0, 0.1) is 15.5 Å². The average molecular weight is 302 g/mol. The van der Waals surface area contributed by atoms with Crippen LogP contribution in [0.5, 0.6) is 5.75 Å². The van der Waals surface area contributed by atoms with Crippen LogP contribution >= 0.6 is 15.9 Å². The molecule has 1 rings (SSSR count). The van der Waals surface area contributed by atoms with Crippen molar-refractivity contribution in [3.8, 4) is 5.75 Å². The van der Waals surface area contributed by atoms with E-state index in [1.165, 1.54) is 6.07 Å². The van der Waals surface area contributed by atoms with E-state index in [1.807, 2.05) is 0 Å². The molecule has 17 heavy (non-hydrogen) atoms. The van der Waals surface area contributed by atoms with Gasteiger partial charge in [0.2, 0.25) is 0 Å². The van der Waals surface area contributed by atoms with Crippen LogP contribution in [0.25, 0.3) is 0 Å². The summed E-state index contributed by atoms with van der Waals surface area (Å²) in [7, 11) is 0. The molecule has 0 N–H and O–H groups in total. The maximum atomic E-state index is 10.8. The van der Waals surface area contributed by atoms with E-state index in [-0.39, 0.29) is 11.1 Å². The normalized spacial score (nSPS) is 11.3. The Morgan fingerprint density at radius 1 is 1.41 bits per heavy atom. The van der Waals surface area contributed by atoms with E-state index in [0.29, 0.717) is 16.8 Å². The zero-order valence-electron chi connectivity index (χ0n) is 10.2. The predicted molar refractivity (Wildman–Crippen MR) is 70.4 cm³/mol. The summed E-state index contributed by atoms with van der Waals surface area (Å²) in [5.41, 5.74) is 0.151. The highest BCUT2D eigenvalue weighted by Crippen LogP contribution is 2.30. The van der Waals surface area contributed by atoms with Crippen LogP contribution in [-0.4, -0.2) is 11.5 Å². The molecule has 0 amide bonds. The van der Waals surface area contributed by atoms with Crippen molar-refractivity contribution in [2.24, 2.45) is 5.41 Å². The monoisotopic (exact) mass is 301 g/mol. The van der Waals surface area contributed by atoms with Gasteiger partial charge in [-0.05, 0) is 24.0 Å². The molecule has 1 aromatic rings. The summed E-state index contributed by atoms with van der Waals surface area (Å²) < 4.78 is 6.14. The zero-order chi connectivity index (χ0) is 13.1. The van der Waals surface area contributed by atoms with E-state index in [2.05, 4.69) is 36.7 Å². The average Bonchev–Trinajstić information content (AvgIpc) is 2.18. The van der Waals surface area contributed by atoms with Gasteiger partial charge >= 0.3 is 5.69 Å². The Bertz CT molecular complexity index is 413. The molecule has 4 nitrogen and oxygen atoms in total. The highest BCUT2D eigenvalue weighted by Gasteiger charge is 2.16. The van der Waals surface area contributed by atoms with Crippen LogP contribution in [-0.2, 0) is 0 Å².